The average Bonchev–Trinajstić information content (AvgIpc) is 2.95. The molecule has 0 saturated heterocycles. The highest BCUT2D eigenvalue weighted by Gasteiger charge is 2.14. The van der Waals surface area contributed by atoms with Gasteiger partial charge in [0.15, 0.2) is 0 Å². The Morgan fingerprint density at radius 2 is 2.22 bits per heavy atom. The monoisotopic (exact) mass is 246 g/mol. The van der Waals surface area contributed by atoms with Gasteiger partial charge < -0.3 is 14.6 Å². The maximum atomic E-state index is 13.5. The third-order valence-corrected chi connectivity index (χ3v) is 2.61. The summed E-state index contributed by atoms with van der Waals surface area (Å²) in [5, 5.41) is 12.8. The number of halogens is 1. The molecule has 2 heterocycles. The molecule has 90 valence electrons. The molecule has 0 amide bonds. The van der Waals surface area contributed by atoms with E-state index >= 15 is 0 Å². The van der Waals surface area contributed by atoms with E-state index in [2.05, 4.69) is 14.7 Å². The number of fused-ring (bicyclic) bond motifs is 1. The van der Waals surface area contributed by atoms with Crippen molar-refractivity contribution in [2.75, 3.05) is 0 Å². The first kappa shape index (κ1) is 10.5. The zero-order valence-electron chi connectivity index (χ0n) is 8.98. The number of aromatic amines is 1. The molecule has 2 aromatic heterocycles. The minimum absolute atomic E-state index is 0.260. The van der Waals surface area contributed by atoms with E-state index in [9.17, 15) is 9.18 Å². The first-order valence-electron chi connectivity index (χ1n) is 5.13. The second kappa shape index (κ2) is 3.69. The van der Waals surface area contributed by atoms with Crippen LogP contribution in [-0.2, 0) is 0 Å². The molecule has 0 fully saturated rings. The molecule has 0 unspecified atom stereocenters. The quantitative estimate of drug-likeness (QED) is 0.728. The molecule has 0 aliphatic rings. The Labute approximate surface area is 99.8 Å². The Morgan fingerprint density at radius 3 is 2.89 bits per heavy atom. The lowest BCUT2D eigenvalue weighted by atomic mass is 10.2. The third-order valence-electron chi connectivity index (χ3n) is 2.61. The topological polar surface area (TPSA) is 79.1 Å². The summed E-state index contributed by atoms with van der Waals surface area (Å²) in [5.74, 6) is -1.81. The van der Waals surface area contributed by atoms with Crippen LogP contribution in [0, 0.1) is 5.82 Å². The number of benzene rings is 1. The molecular formula is C12H7FN2O3. The Kier molecular flexibility index (Phi) is 2.16. The summed E-state index contributed by atoms with van der Waals surface area (Å²) < 4.78 is 18.1. The van der Waals surface area contributed by atoms with Crippen molar-refractivity contribution >= 4 is 16.9 Å². The van der Waals surface area contributed by atoms with E-state index < -0.39 is 5.97 Å². The predicted molar refractivity (Wildman–Crippen MR) is 60.7 cm³/mol. The smallest absolute Gasteiger partial charge is 0.374 e. The first-order chi connectivity index (χ1) is 8.65. The van der Waals surface area contributed by atoms with E-state index in [0.717, 1.165) is 0 Å². The standard InChI is InChI=1S/C12H7FN2O3/c13-7-2-1-3-8-6(7)4-9(14-8)10-5-11(12(16)17)18-15-10/h1-5,14H,(H,16,17). The number of nitrogens with zero attached hydrogens (tertiary/aromatic N) is 1. The molecule has 2 N–H and O–H groups in total. The van der Waals surface area contributed by atoms with Crippen LogP contribution < -0.4 is 0 Å². The number of rotatable bonds is 2. The van der Waals surface area contributed by atoms with Gasteiger partial charge in [0.05, 0.1) is 5.69 Å². The molecule has 5 nitrogen and oxygen atoms in total. The van der Waals surface area contributed by atoms with Crippen LogP contribution in [0.2, 0.25) is 0 Å². The minimum Gasteiger partial charge on any atom is -0.475 e. The molecule has 3 aromatic rings. The largest absolute Gasteiger partial charge is 0.475 e. The summed E-state index contributed by atoms with van der Waals surface area (Å²) in [7, 11) is 0. The number of carboxylic acids is 1. The molecule has 0 saturated carbocycles. The molecule has 0 bridgehead atoms. The van der Waals surface area contributed by atoms with Crippen molar-refractivity contribution < 1.29 is 18.8 Å². The fourth-order valence-electron chi connectivity index (χ4n) is 1.76. The molecule has 1 aromatic carbocycles. The third kappa shape index (κ3) is 1.55. The van der Waals surface area contributed by atoms with Crippen molar-refractivity contribution in [1.82, 2.24) is 10.1 Å². The molecule has 0 radical (unpaired) electrons. The van der Waals surface area contributed by atoms with Crippen LogP contribution in [0.25, 0.3) is 22.3 Å². The van der Waals surface area contributed by atoms with Gasteiger partial charge in [-0.15, -0.1) is 0 Å². The highest BCUT2D eigenvalue weighted by molar-refractivity contribution is 5.88. The maximum absolute atomic E-state index is 13.5. The van der Waals surface area contributed by atoms with Crippen LogP contribution in [0.15, 0.2) is 34.9 Å². The lowest BCUT2D eigenvalue weighted by molar-refractivity contribution is 0.0652. The number of H-pyrrole nitrogens is 1. The highest BCUT2D eigenvalue weighted by atomic mass is 19.1. The number of hydrogen-bond donors (Lipinski definition) is 2. The molecule has 0 aliphatic heterocycles. The lowest BCUT2D eigenvalue weighted by Gasteiger charge is -1.88. The zero-order valence-corrected chi connectivity index (χ0v) is 8.98. The van der Waals surface area contributed by atoms with E-state index in [1.165, 1.54) is 12.1 Å². The van der Waals surface area contributed by atoms with E-state index in [1.807, 2.05) is 0 Å². The van der Waals surface area contributed by atoms with Crippen molar-refractivity contribution in [1.29, 1.82) is 0 Å². The van der Waals surface area contributed by atoms with Gasteiger partial charge in [-0.05, 0) is 18.2 Å². The summed E-state index contributed by atoms with van der Waals surface area (Å²) >= 11 is 0. The Hall–Kier alpha value is -2.63. The molecule has 0 aliphatic carbocycles. The average molecular weight is 246 g/mol. The van der Waals surface area contributed by atoms with Crippen LogP contribution in [-0.4, -0.2) is 21.2 Å². The molecule has 6 heteroatoms. The summed E-state index contributed by atoms with van der Waals surface area (Å²) in [5.41, 5.74) is 1.44. The van der Waals surface area contributed by atoms with E-state index in [1.54, 1.807) is 18.2 Å². The Morgan fingerprint density at radius 1 is 1.39 bits per heavy atom. The molecule has 0 spiro atoms. The van der Waals surface area contributed by atoms with Gasteiger partial charge in [0.1, 0.15) is 11.5 Å². The molecule has 3 rings (SSSR count). The molecule has 18 heavy (non-hydrogen) atoms. The van der Waals surface area contributed by atoms with E-state index in [4.69, 9.17) is 5.11 Å². The minimum atomic E-state index is -1.20. The highest BCUT2D eigenvalue weighted by Crippen LogP contribution is 2.25. The van der Waals surface area contributed by atoms with Gasteiger partial charge in [-0.1, -0.05) is 11.2 Å². The van der Waals surface area contributed by atoms with Gasteiger partial charge >= 0.3 is 5.97 Å². The van der Waals surface area contributed by atoms with E-state index in [-0.39, 0.29) is 11.6 Å². The zero-order chi connectivity index (χ0) is 12.7. The predicted octanol–water partition coefficient (Wildman–Crippen LogP) is 2.66. The Balaban J connectivity index is 2.13. The van der Waals surface area contributed by atoms with Crippen LogP contribution in [0.5, 0.6) is 0 Å². The van der Waals surface area contributed by atoms with Crippen molar-refractivity contribution in [3.8, 4) is 11.4 Å². The second-order valence-electron chi connectivity index (χ2n) is 3.77. The van der Waals surface area contributed by atoms with Gasteiger partial charge in [-0.25, -0.2) is 9.18 Å². The fraction of sp³-hybridized carbons (Fsp3) is 0. The maximum Gasteiger partial charge on any atom is 0.374 e. The summed E-state index contributed by atoms with van der Waals surface area (Å²) in [6, 6.07) is 7.51. The van der Waals surface area contributed by atoms with Gasteiger partial charge in [-0.2, -0.15) is 0 Å². The molecular weight excluding hydrogens is 239 g/mol. The van der Waals surface area contributed by atoms with Crippen molar-refractivity contribution in [2.24, 2.45) is 0 Å². The summed E-state index contributed by atoms with van der Waals surface area (Å²) in [4.78, 5) is 13.6. The fourth-order valence-corrected chi connectivity index (χ4v) is 1.76. The number of aromatic carboxylic acids is 1. The number of aromatic nitrogens is 2. The summed E-state index contributed by atoms with van der Waals surface area (Å²) in [6.07, 6.45) is 0. The van der Waals surface area contributed by atoms with Crippen LogP contribution in [0.3, 0.4) is 0 Å². The van der Waals surface area contributed by atoms with Gasteiger partial charge in [0.25, 0.3) is 0 Å². The van der Waals surface area contributed by atoms with Crippen LogP contribution >= 0.6 is 0 Å². The van der Waals surface area contributed by atoms with Gasteiger partial charge in [-0.3, -0.25) is 0 Å². The number of nitrogens with one attached hydrogen (secondary N) is 1. The number of carbonyl (C=O) groups is 1. The number of hydrogen-bond acceptors (Lipinski definition) is 3. The second-order valence-corrected chi connectivity index (χ2v) is 3.77. The SMILES string of the molecule is O=C(O)c1cc(-c2cc3c(F)cccc3[nH]2)no1. The molecule has 0 atom stereocenters. The van der Waals surface area contributed by atoms with Crippen molar-refractivity contribution in [3.05, 3.63) is 41.9 Å². The lowest BCUT2D eigenvalue weighted by Crippen LogP contribution is -1.91. The van der Waals surface area contributed by atoms with Crippen LogP contribution in [0.1, 0.15) is 10.6 Å². The normalized spacial score (nSPS) is 10.9. The van der Waals surface area contributed by atoms with Crippen LogP contribution in [0.4, 0.5) is 4.39 Å². The van der Waals surface area contributed by atoms with Crippen molar-refractivity contribution in [3.63, 3.8) is 0 Å². The van der Waals surface area contributed by atoms with Gasteiger partial charge in [0.2, 0.25) is 5.76 Å². The van der Waals surface area contributed by atoms with Gasteiger partial charge in [0, 0.05) is 17.0 Å². The van der Waals surface area contributed by atoms with Crippen molar-refractivity contribution in [2.45, 2.75) is 0 Å². The summed E-state index contributed by atoms with van der Waals surface area (Å²) in [6.45, 7) is 0. The number of carboxylic acid groups (broad SMARTS) is 1. The van der Waals surface area contributed by atoms with E-state index in [0.29, 0.717) is 22.3 Å². The Bertz CT molecular complexity index is 745. The first-order valence-corrected chi connectivity index (χ1v) is 5.13.